The lowest BCUT2D eigenvalue weighted by Gasteiger charge is -2.32. The second kappa shape index (κ2) is 4.92. The van der Waals surface area contributed by atoms with Gasteiger partial charge >= 0.3 is 0 Å². The van der Waals surface area contributed by atoms with Crippen LogP contribution in [0.5, 0.6) is 0 Å². The van der Waals surface area contributed by atoms with Crippen LogP contribution in [0.25, 0.3) is 0 Å². The Bertz CT molecular complexity index is 287. The van der Waals surface area contributed by atoms with Crippen LogP contribution < -0.4 is 0 Å². The highest BCUT2D eigenvalue weighted by Crippen LogP contribution is 2.23. The molecular formula is C12H20N2O3. The Morgan fingerprint density at radius 3 is 2.71 bits per heavy atom. The van der Waals surface area contributed by atoms with Gasteiger partial charge in [-0.2, -0.15) is 0 Å². The monoisotopic (exact) mass is 240 g/mol. The summed E-state index contributed by atoms with van der Waals surface area (Å²) in [5, 5.41) is 0. The van der Waals surface area contributed by atoms with Crippen LogP contribution in [0.15, 0.2) is 0 Å². The summed E-state index contributed by atoms with van der Waals surface area (Å²) in [6, 6.07) is 0.0947. The predicted octanol–water partition coefficient (Wildman–Crippen LogP) is -0.292. The van der Waals surface area contributed by atoms with Crippen molar-refractivity contribution >= 4 is 5.91 Å². The molecule has 0 aromatic rings. The molecule has 2 atom stereocenters. The molecule has 0 bridgehead atoms. The van der Waals surface area contributed by atoms with E-state index in [0.29, 0.717) is 25.2 Å². The van der Waals surface area contributed by atoms with Crippen molar-refractivity contribution in [3.05, 3.63) is 0 Å². The number of carbonyl (C=O) groups is 1. The third kappa shape index (κ3) is 2.61. The molecular weight excluding hydrogens is 220 g/mol. The average molecular weight is 240 g/mol. The summed E-state index contributed by atoms with van der Waals surface area (Å²) in [5.74, 6) is 0.298. The number of nitrogens with zero attached hydrogens (tertiary/aromatic N) is 2. The molecule has 5 nitrogen and oxygen atoms in total. The molecule has 5 heteroatoms. The molecule has 17 heavy (non-hydrogen) atoms. The van der Waals surface area contributed by atoms with E-state index in [0.717, 1.165) is 45.6 Å². The first-order valence-electron chi connectivity index (χ1n) is 6.57. The fourth-order valence-corrected chi connectivity index (χ4v) is 2.75. The normalized spacial score (nSPS) is 34.0. The maximum atomic E-state index is 12.4. The molecule has 3 heterocycles. The van der Waals surface area contributed by atoms with Gasteiger partial charge in [0, 0.05) is 19.6 Å². The molecule has 3 aliphatic heterocycles. The number of hydrogen-bond acceptors (Lipinski definition) is 4. The van der Waals surface area contributed by atoms with Gasteiger partial charge in [-0.15, -0.1) is 0 Å². The van der Waals surface area contributed by atoms with E-state index in [4.69, 9.17) is 9.47 Å². The van der Waals surface area contributed by atoms with Crippen LogP contribution in [0.1, 0.15) is 12.8 Å². The van der Waals surface area contributed by atoms with Crippen molar-refractivity contribution in [3.8, 4) is 0 Å². The Kier molecular flexibility index (Phi) is 3.31. The Labute approximate surface area is 102 Å². The summed E-state index contributed by atoms with van der Waals surface area (Å²) in [6.07, 6.45) is 2.52. The minimum atomic E-state index is 0.0947. The molecule has 3 aliphatic rings. The molecule has 3 saturated heterocycles. The summed E-state index contributed by atoms with van der Waals surface area (Å²) in [6.45, 7) is 5.72. The van der Waals surface area contributed by atoms with Gasteiger partial charge in [-0.1, -0.05) is 0 Å². The molecule has 0 unspecified atom stereocenters. The highest BCUT2D eigenvalue weighted by molar-refractivity contribution is 5.82. The van der Waals surface area contributed by atoms with Crippen molar-refractivity contribution in [2.24, 2.45) is 0 Å². The largest absolute Gasteiger partial charge is 0.378 e. The summed E-state index contributed by atoms with van der Waals surface area (Å²) in [5.41, 5.74) is 0. The molecule has 3 rings (SSSR count). The quantitative estimate of drug-likeness (QED) is 0.636. The first-order chi connectivity index (χ1) is 8.34. The van der Waals surface area contributed by atoms with Crippen LogP contribution in [0.4, 0.5) is 0 Å². The molecule has 0 spiro atoms. The highest BCUT2D eigenvalue weighted by Gasteiger charge is 2.37. The Balaban J connectivity index is 1.58. The maximum Gasteiger partial charge on any atom is 0.240 e. The van der Waals surface area contributed by atoms with Gasteiger partial charge in [-0.05, 0) is 19.4 Å². The molecule has 96 valence electrons. The van der Waals surface area contributed by atoms with Crippen molar-refractivity contribution < 1.29 is 14.3 Å². The van der Waals surface area contributed by atoms with Gasteiger partial charge in [-0.3, -0.25) is 9.69 Å². The van der Waals surface area contributed by atoms with Crippen molar-refractivity contribution in [3.63, 3.8) is 0 Å². The third-order valence-electron chi connectivity index (χ3n) is 3.81. The second-order valence-electron chi connectivity index (χ2n) is 5.05. The van der Waals surface area contributed by atoms with E-state index in [1.165, 1.54) is 0 Å². The zero-order valence-electron chi connectivity index (χ0n) is 10.1. The molecule has 0 aliphatic carbocycles. The van der Waals surface area contributed by atoms with Gasteiger partial charge in [0.15, 0.2) is 0 Å². The standard InChI is InChI=1S/C12H20N2O3/c15-12(13-4-6-16-7-5-13)11-2-1-3-14(11)8-10-9-17-10/h10-11H,1-9H2/t10-,11-/m1/s1. The number of hydrogen-bond donors (Lipinski definition) is 0. The van der Waals surface area contributed by atoms with Crippen LogP contribution in [0.2, 0.25) is 0 Å². The summed E-state index contributed by atoms with van der Waals surface area (Å²) in [7, 11) is 0. The Hall–Kier alpha value is -0.650. The Morgan fingerprint density at radius 2 is 2.00 bits per heavy atom. The van der Waals surface area contributed by atoms with E-state index in [1.807, 2.05) is 4.90 Å². The maximum absolute atomic E-state index is 12.4. The van der Waals surface area contributed by atoms with Crippen LogP contribution in [-0.4, -0.2) is 73.9 Å². The summed E-state index contributed by atoms with van der Waals surface area (Å²) < 4.78 is 10.5. The van der Waals surface area contributed by atoms with Crippen LogP contribution >= 0.6 is 0 Å². The van der Waals surface area contributed by atoms with E-state index < -0.39 is 0 Å². The lowest BCUT2D eigenvalue weighted by Crippen LogP contribution is -2.50. The summed E-state index contributed by atoms with van der Waals surface area (Å²) >= 11 is 0. The number of carbonyl (C=O) groups excluding carboxylic acids is 1. The molecule has 0 aromatic heterocycles. The fourth-order valence-electron chi connectivity index (χ4n) is 2.75. The lowest BCUT2D eigenvalue weighted by atomic mass is 10.2. The molecule has 0 saturated carbocycles. The van der Waals surface area contributed by atoms with Gasteiger partial charge in [0.2, 0.25) is 5.91 Å². The fraction of sp³-hybridized carbons (Fsp3) is 0.917. The van der Waals surface area contributed by atoms with Crippen molar-refractivity contribution in [2.75, 3.05) is 46.0 Å². The minimum Gasteiger partial charge on any atom is -0.378 e. The van der Waals surface area contributed by atoms with Crippen molar-refractivity contribution in [1.29, 1.82) is 0 Å². The van der Waals surface area contributed by atoms with E-state index in [2.05, 4.69) is 4.90 Å². The van der Waals surface area contributed by atoms with Crippen molar-refractivity contribution in [2.45, 2.75) is 25.0 Å². The molecule has 0 aromatic carbocycles. The Morgan fingerprint density at radius 1 is 1.24 bits per heavy atom. The van der Waals surface area contributed by atoms with E-state index >= 15 is 0 Å². The lowest BCUT2D eigenvalue weighted by molar-refractivity contribution is -0.140. The number of rotatable bonds is 3. The van der Waals surface area contributed by atoms with Crippen molar-refractivity contribution in [1.82, 2.24) is 9.80 Å². The van der Waals surface area contributed by atoms with Gasteiger partial charge in [0.05, 0.1) is 32.0 Å². The number of likely N-dealkylation sites (tertiary alicyclic amines) is 1. The van der Waals surface area contributed by atoms with E-state index in [1.54, 1.807) is 0 Å². The predicted molar refractivity (Wildman–Crippen MR) is 61.7 cm³/mol. The zero-order chi connectivity index (χ0) is 11.7. The smallest absolute Gasteiger partial charge is 0.240 e. The van der Waals surface area contributed by atoms with Gasteiger partial charge in [0.25, 0.3) is 0 Å². The number of amides is 1. The molecule has 0 N–H and O–H groups in total. The third-order valence-corrected chi connectivity index (χ3v) is 3.81. The number of morpholine rings is 1. The zero-order valence-corrected chi connectivity index (χ0v) is 10.1. The van der Waals surface area contributed by atoms with E-state index in [9.17, 15) is 4.79 Å². The number of ether oxygens (including phenoxy) is 2. The van der Waals surface area contributed by atoms with Crippen LogP contribution in [-0.2, 0) is 14.3 Å². The summed E-state index contributed by atoms with van der Waals surface area (Å²) in [4.78, 5) is 16.7. The average Bonchev–Trinajstić information content (AvgIpc) is 3.06. The first-order valence-corrected chi connectivity index (χ1v) is 6.57. The topological polar surface area (TPSA) is 45.3 Å². The molecule has 3 fully saturated rings. The van der Waals surface area contributed by atoms with E-state index in [-0.39, 0.29) is 6.04 Å². The highest BCUT2D eigenvalue weighted by atomic mass is 16.6. The van der Waals surface area contributed by atoms with Gasteiger partial charge < -0.3 is 14.4 Å². The minimum absolute atomic E-state index is 0.0947. The second-order valence-corrected chi connectivity index (χ2v) is 5.05. The SMILES string of the molecule is O=C([C@H]1CCCN1C[C@@H]1CO1)N1CCOCC1. The van der Waals surface area contributed by atoms with Crippen LogP contribution in [0, 0.1) is 0 Å². The number of epoxide rings is 1. The van der Waals surface area contributed by atoms with Gasteiger partial charge in [0.1, 0.15) is 0 Å². The molecule has 0 radical (unpaired) electrons. The van der Waals surface area contributed by atoms with Gasteiger partial charge in [-0.25, -0.2) is 0 Å². The first kappa shape index (κ1) is 11.4. The van der Waals surface area contributed by atoms with Crippen LogP contribution in [0.3, 0.4) is 0 Å². The molecule has 1 amide bonds.